The van der Waals surface area contributed by atoms with Crippen LogP contribution in [0.4, 0.5) is 5.69 Å². The van der Waals surface area contributed by atoms with E-state index in [2.05, 4.69) is 15.5 Å². The maximum absolute atomic E-state index is 13.3. The van der Waals surface area contributed by atoms with Crippen molar-refractivity contribution in [3.63, 3.8) is 0 Å². The summed E-state index contributed by atoms with van der Waals surface area (Å²) in [5.41, 5.74) is 10.3. The van der Waals surface area contributed by atoms with Crippen molar-refractivity contribution in [1.29, 1.82) is 0 Å². The molecule has 1 atom stereocenters. The first-order valence-electron chi connectivity index (χ1n) is 10.3. The molecule has 0 aliphatic rings. The van der Waals surface area contributed by atoms with E-state index in [1.807, 2.05) is 32.0 Å². The summed E-state index contributed by atoms with van der Waals surface area (Å²) in [7, 11) is 0. The van der Waals surface area contributed by atoms with Crippen LogP contribution >= 0.6 is 11.6 Å². The summed E-state index contributed by atoms with van der Waals surface area (Å²) in [6, 6.07) is 12.3. The first-order chi connectivity index (χ1) is 15.8. The van der Waals surface area contributed by atoms with Crippen molar-refractivity contribution in [2.24, 2.45) is 10.9 Å². The van der Waals surface area contributed by atoms with E-state index in [0.29, 0.717) is 38.6 Å². The van der Waals surface area contributed by atoms with Crippen LogP contribution in [0.25, 0.3) is 22.3 Å². The fourth-order valence-corrected chi connectivity index (χ4v) is 4.05. The first kappa shape index (κ1) is 22.4. The Morgan fingerprint density at radius 1 is 1.24 bits per heavy atom. The molecule has 4 rings (SSSR count). The smallest absolute Gasteiger partial charge is 0.196 e. The van der Waals surface area contributed by atoms with Gasteiger partial charge in [0, 0.05) is 45.4 Å². The molecular weight excluding hydrogens is 440 g/mol. The van der Waals surface area contributed by atoms with Gasteiger partial charge in [0.15, 0.2) is 11.3 Å². The van der Waals surface area contributed by atoms with E-state index >= 15 is 0 Å². The highest BCUT2D eigenvalue weighted by Gasteiger charge is 2.20. The fourth-order valence-electron chi connectivity index (χ4n) is 3.88. The number of nitrogens with one attached hydrogen (secondary N) is 1. The van der Waals surface area contributed by atoms with E-state index in [1.165, 1.54) is 0 Å². The summed E-state index contributed by atoms with van der Waals surface area (Å²) in [6.45, 7) is 5.64. The number of pyridine rings is 1. The molecular formula is C25H23ClN4O3. The Hall–Kier alpha value is -3.84. The van der Waals surface area contributed by atoms with Gasteiger partial charge in [-0.2, -0.15) is 0 Å². The lowest BCUT2D eigenvalue weighted by atomic mass is 9.98. The van der Waals surface area contributed by atoms with Gasteiger partial charge in [0.2, 0.25) is 0 Å². The molecule has 4 N–H and O–H groups in total. The Kier molecular flexibility index (Phi) is 6.07. The third kappa shape index (κ3) is 4.27. The first-order valence-corrected chi connectivity index (χ1v) is 10.7. The molecule has 0 aliphatic carbocycles. The molecule has 0 bridgehead atoms. The summed E-state index contributed by atoms with van der Waals surface area (Å²) in [5, 5.41) is 16.6. The third-order valence-corrected chi connectivity index (χ3v) is 5.75. The Morgan fingerprint density at radius 2 is 2.03 bits per heavy atom. The van der Waals surface area contributed by atoms with Crippen LogP contribution in [0, 0.1) is 13.8 Å². The van der Waals surface area contributed by atoms with Crippen LogP contribution in [0.15, 0.2) is 69.2 Å². The lowest BCUT2D eigenvalue weighted by molar-refractivity contribution is 0.318. The van der Waals surface area contributed by atoms with E-state index in [1.54, 1.807) is 43.6 Å². The topological polar surface area (TPSA) is 114 Å². The predicted octanol–water partition coefficient (Wildman–Crippen LogP) is 5.39. The van der Waals surface area contributed by atoms with Crippen molar-refractivity contribution >= 4 is 34.1 Å². The van der Waals surface area contributed by atoms with Gasteiger partial charge in [-0.15, -0.1) is 0 Å². The average Bonchev–Trinajstić information content (AvgIpc) is 2.82. The maximum Gasteiger partial charge on any atom is 0.196 e. The van der Waals surface area contributed by atoms with Crippen LogP contribution in [-0.2, 0) is 0 Å². The van der Waals surface area contributed by atoms with E-state index < -0.39 is 0 Å². The minimum Gasteiger partial charge on any atom is -0.455 e. The van der Waals surface area contributed by atoms with Gasteiger partial charge in [-0.1, -0.05) is 22.8 Å². The molecule has 0 radical (unpaired) electrons. The molecule has 168 valence electrons. The minimum atomic E-state index is -0.286. The van der Waals surface area contributed by atoms with Crippen LogP contribution in [0.3, 0.4) is 0 Å². The zero-order chi connectivity index (χ0) is 23.7. The Morgan fingerprint density at radius 3 is 2.73 bits per heavy atom. The van der Waals surface area contributed by atoms with Gasteiger partial charge in [-0.05, 0) is 62.7 Å². The summed E-state index contributed by atoms with van der Waals surface area (Å²) in [5.74, 6) is 0.420. The number of amidine groups is 1. The highest BCUT2D eigenvalue weighted by atomic mass is 35.5. The molecule has 8 heteroatoms. The van der Waals surface area contributed by atoms with Gasteiger partial charge in [-0.25, -0.2) is 0 Å². The number of anilines is 1. The number of aromatic nitrogens is 1. The second kappa shape index (κ2) is 8.96. The van der Waals surface area contributed by atoms with Gasteiger partial charge in [0.25, 0.3) is 0 Å². The number of benzene rings is 2. The molecule has 0 saturated carbocycles. The molecule has 7 nitrogen and oxygen atoms in total. The predicted molar refractivity (Wildman–Crippen MR) is 131 cm³/mol. The Labute approximate surface area is 195 Å². The lowest BCUT2D eigenvalue weighted by Gasteiger charge is -2.20. The molecule has 0 saturated heterocycles. The summed E-state index contributed by atoms with van der Waals surface area (Å²) in [4.78, 5) is 17.4. The van der Waals surface area contributed by atoms with E-state index in [9.17, 15) is 4.79 Å². The molecule has 0 spiro atoms. The highest BCUT2D eigenvalue weighted by Crippen LogP contribution is 2.33. The van der Waals surface area contributed by atoms with Crippen LogP contribution < -0.4 is 16.5 Å². The van der Waals surface area contributed by atoms with Crippen LogP contribution in [-0.4, -0.2) is 16.0 Å². The number of nitrogens with two attached hydrogens (primary N) is 1. The van der Waals surface area contributed by atoms with Crippen molar-refractivity contribution in [3.05, 3.63) is 92.4 Å². The van der Waals surface area contributed by atoms with Gasteiger partial charge < -0.3 is 20.7 Å². The number of aryl methyl sites for hydroxylation is 1. The quantitative estimate of drug-likeness (QED) is 0.158. The molecule has 2 aromatic heterocycles. The molecule has 4 aromatic rings. The second-order valence-corrected chi connectivity index (χ2v) is 8.34. The number of hydrogen-bond acceptors (Lipinski definition) is 6. The molecule has 2 aromatic carbocycles. The average molecular weight is 463 g/mol. The highest BCUT2D eigenvalue weighted by molar-refractivity contribution is 6.31. The van der Waals surface area contributed by atoms with Crippen molar-refractivity contribution in [2.75, 3.05) is 5.32 Å². The van der Waals surface area contributed by atoms with Crippen molar-refractivity contribution < 1.29 is 9.62 Å². The fraction of sp³-hybridized carbons (Fsp3) is 0.160. The van der Waals surface area contributed by atoms with Gasteiger partial charge in [0.05, 0.1) is 11.4 Å². The largest absolute Gasteiger partial charge is 0.455 e. The monoisotopic (exact) mass is 462 g/mol. The van der Waals surface area contributed by atoms with Gasteiger partial charge in [0.1, 0.15) is 11.3 Å². The van der Waals surface area contributed by atoms with Crippen LogP contribution in [0.2, 0.25) is 5.02 Å². The molecule has 33 heavy (non-hydrogen) atoms. The van der Waals surface area contributed by atoms with Crippen molar-refractivity contribution in [2.45, 2.75) is 26.8 Å². The molecule has 0 aliphatic heterocycles. The minimum absolute atomic E-state index is 0.0673. The Balaban J connectivity index is 1.88. The standard InChI is InChI=1S/C25H23ClN4O3/c1-13-9-18(15(3)29-21-7-6-17(26)11-19(21)25(27)30-32)24-20(10-13)22(31)14(2)23(33-24)16-5-4-8-28-12-16/h4-12,15,29,32H,1-3H3,(H2,27,30)/t15-/m1/s1. The number of rotatable bonds is 5. The zero-order valence-electron chi connectivity index (χ0n) is 18.4. The van der Waals surface area contributed by atoms with Gasteiger partial charge in [-0.3, -0.25) is 9.78 Å². The van der Waals surface area contributed by atoms with Crippen molar-refractivity contribution in [3.8, 4) is 11.3 Å². The molecule has 2 heterocycles. The lowest BCUT2D eigenvalue weighted by Crippen LogP contribution is -2.18. The third-order valence-electron chi connectivity index (χ3n) is 5.52. The zero-order valence-corrected chi connectivity index (χ0v) is 19.1. The summed E-state index contributed by atoms with van der Waals surface area (Å²) >= 11 is 6.10. The second-order valence-electron chi connectivity index (χ2n) is 7.90. The number of nitrogens with zero attached hydrogens (tertiary/aromatic N) is 2. The number of oxime groups is 1. The summed E-state index contributed by atoms with van der Waals surface area (Å²) in [6.07, 6.45) is 3.34. The van der Waals surface area contributed by atoms with Gasteiger partial charge >= 0.3 is 0 Å². The molecule has 0 amide bonds. The van der Waals surface area contributed by atoms with Crippen LogP contribution in [0.5, 0.6) is 0 Å². The van der Waals surface area contributed by atoms with Crippen LogP contribution in [0.1, 0.15) is 35.2 Å². The molecule has 0 unspecified atom stereocenters. The van der Waals surface area contributed by atoms with Crippen molar-refractivity contribution in [1.82, 2.24) is 4.98 Å². The summed E-state index contributed by atoms with van der Waals surface area (Å²) < 4.78 is 6.33. The number of halogens is 1. The van der Waals surface area contributed by atoms with E-state index in [0.717, 1.165) is 16.7 Å². The van der Waals surface area contributed by atoms with E-state index in [-0.39, 0.29) is 17.3 Å². The number of fused-ring (bicyclic) bond motifs is 1. The molecule has 0 fully saturated rings. The number of hydrogen-bond donors (Lipinski definition) is 3. The SMILES string of the molecule is Cc1cc([C@@H](C)Nc2ccc(Cl)cc2/C(N)=N/O)c2oc(-c3cccnc3)c(C)c(=O)c2c1. The van der Waals surface area contributed by atoms with E-state index in [4.69, 9.17) is 27.0 Å². The maximum atomic E-state index is 13.3. The Bertz CT molecular complexity index is 1430. The normalized spacial score (nSPS) is 12.7.